The lowest BCUT2D eigenvalue weighted by molar-refractivity contribution is 0.0791. The van der Waals surface area contributed by atoms with E-state index in [1.807, 2.05) is 13.0 Å². The van der Waals surface area contributed by atoms with Gasteiger partial charge in [-0.05, 0) is 61.7 Å². The first kappa shape index (κ1) is 21.2. The molecule has 1 aliphatic rings. The quantitative estimate of drug-likeness (QED) is 0.811. The fraction of sp³-hybridized carbons (Fsp3) is 0.316. The van der Waals surface area contributed by atoms with Gasteiger partial charge >= 0.3 is 0 Å². The van der Waals surface area contributed by atoms with Crippen molar-refractivity contribution in [3.63, 3.8) is 0 Å². The Labute approximate surface area is 166 Å². The standard InChI is InChI=1S/C19H23N3O3S.ClH/c1-13-3-4-14(2)18(11-13)26(24,25)21-17-7-5-15(6-8-17)19(23)22-10-9-16(20)12-22;/h3-8,11,16,21H,9-10,12,20H2,1-2H3;1H/t16-;/m1./s1. The van der Waals surface area contributed by atoms with E-state index in [2.05, 4.69) is 4.72 Å². The molecular weight excluding hydrogens is 386 g/mol. The Kier molecular flexibility index (Phi) is 6.51. The van der Waals surface area contributed by atoms with Crippen molar-refractivity contribution in [2.24, 2.45) is 5.73 Å². The zero-order chi connectivity index (χ0) is 18.9. The number of amides is 1. The summed E-state index contributed by atoms with van der Waals surface area (Å²) in [6.07, 6.45) is 0.805. The number of nitrogens with two attached hydrogens (primary N) is 1. The Morgan fingerprint density at radius 1 is 1.15 bits per heavy atom. The van der Waals surface area contributed by atoms with Gasteiger partial charge in [0.2, 0.25) is 0 Å². The van der Waals surface area contributed by atoms with Gasteiger partial charge in [-0.2, -0.15) is 0 Å². The van der Waals surface area contributed by atoms with Crippen molar-refractivity contribution in [3.8, 4) is 0 Å². The Hall–Kier alpha value is -2.09. The van der Waals surface area contributed by atoms with Crippen LogP contribution in [0.15, 0.2) is 47.4 Å². The minimum Gasteiger partial charge on any atom is -0.337 e. The average Bonchev–Trinajstić information content (AvgIpc) is 3.03. The van der Waals surface area contributed by atoms with E-state index < -0.39 is 10.0 Å². The lowest BCUT2D eigenvalue weighted by Gasteiger charge is -2.16. The van der Waals surface area contributed by atoms with Gasteiger partial charge in [-0.25, -0.2) is 8.42 Å². The SMILES string of the molecule is Cc1ccc(C)c(S(=O)(=O)Nc2ccc(C(=O)N3CC[C@@H](N)C3)cc2)c1.Cl. The van der Waals surface area contributed by atoms with Crippen LogP contribution in [0.25, 0.3) is 0 Å². The Morgan fingerprint density at radius 3 is 2.41 bits per heavy atom. The number of hydrogen-bond donors (Lipinski definition) is 2. The van der Waals surface area contributed by atoms with Crippen LogP contribution < -0.4 is 10.5 Å². The Bertz CT molecular complexity index is 930. The molecule has 2 aromatic rings. The number of nitrogens with one attached hydrogen (secondary N) is 1. The number of halogens is 1. The highest BCUT2D eigenvalue weighted by atomic mass is 35.5. The van der Waals surface area contributed by atoms with Gasteiger partial charge in [0.15, 0.2) is 0 Å². The highest BCUT2D eigenvalue weighted by molar-refractivity contribution is 7.92. The van der Waals surface area contributed by atoms with E-state index in [1.165, 1.54) is 0 Å². The van der Waals surface area contributed by atoms with Crippen molar-refractivity contribution in [3.05, 3.63) is 59.2 Å². The van der Waals surface area contributed by atoms with Gasteiger partial charge in [0, 0.05) is 30.4 Å². The summed E-state index contributed by atoms with van der Waals surface area (Å²) < 4.78 is 27.8. The topological polar surface area (TPSA) is 92.5 Å². The van der Waals surface area contributed by atoms with Crippen LogP contribution in [0.2, 0.25) is 0 Å². The van der Waals surface area contributed by atoms with Crippen molar-refractivity contribution >= 4 is 34.0 Å². The molecule has 2 aromatic carbocycles. The predicted molar refractivity (Wildman–Crippen MR) is 109 cm³/mol. The van der Waals surface area contributed by atoms with Crippen LogP contribution in [0.1, 0.15) is 27.9 Å². The Morgan fingerprint density at radius 2 is 1.81 bits per heavy atom. The average molecular weight is 410 g/mol. The maximum Gasteiger partial charge on any atom is 0.262 e. The molecule has 1 fully saturated rings. The van der Waals surface area contributed by atoms with Gasteiger partial charge in [0.05, 0.1) is 4.90 Å². The second-order valence-electron chi connectivity index (χ2n) is 6.75. The normalized spacial score (nSPS) is 16.7. The van der Waals surface area contributed by atoms with E-state index in [9.17, 15) is 13.2 Å². The van der Waals surface area contributed by atoms with Crippen LogP contribution in [0.3, 0.4) is 0 Å². The molecule has 3 N–H and O–H groups in total. The van der Waals surface area contributed by atoms with Gasteiger partial charge in [0.1, 0.15) is 0 Å². The van der Waals surface area contributed by atoms with E-state index in [0.717, 1.165) is 12.0 Å². The number of rotatable bonds is 4. The number of carbonyl (C=O) groups is 1. The van der Waals surface area contributed by atoms with Crippen molar-refractivity contribution in [1.82, 2.24) is 4.90 Å². The molecule has 0 radical (unpaired) electrons. The molecule has 0 aromatic heterocycles. The highest BCUT2D eigenvalue weighted by Gasteiger charge is 2.24. The van der Waals surface area contributed by atoms with Gasteiger partial charge in [-0.3, -0.25) is 9.52 Å². The molecule has 0 unspecified atom stereocenters. The second kappa shape index (κ2) is 8.29. The third-order valence-electron chi connectivity index (χ3n) is 4.53. The third kappa shape index (κ3) is 4.80. The smallest absolute Gasteiger partial charge is 0.262 e. The minimum absolute atomic E-state index is 0. The van der Waals surface area contributed by atoms with E-state index in [4.69, 9.17) is 5.73 Å². The maximum absolute atomic E-state index is 12.6. The summed E-state index contributed by atoms with van der Waals surface area (Å²) in [5, 5.41) is 0. The van der Waals surface area contributed by atoms with Gasteiger partial charge in [0.25, 0.3) is 15.9 Å². The lowest BCUT2D eigenvalue weighted by Crippen LogP contribution is -2.31. The first-order chi connectivity index (χ1) is 12.3. The molecule has 0 spiro atoms. The van der Waals surface area contributed by atoms with Gasteiger partial charge in [-0.15, -0.1) is 12.4 Å². The molecule has 1 amide bonds. The van der Waals surface area contributed by atoms with E-state index in [1.54, 1.807) is 48.2 Å². The number of anilines is 1. The molecule has 1 atom stereocenters. The van der Waals surface area contributed by atoms with Gasteiger partial charge < -0.3 is 10.6 Å². The first-order valence-electron chi connectivity index (χ1n) is 8.51. The van der Waals surface area contributed by atoms with E-state index in [-0.39, 0.29) is 29.3 Å². The van der Waals surface area contributed by atoms with Gasteiger partial charge in [-0.1, -0.05) is 12.1 Å². The number of likely N-dealkylation sites (tertiary alicyclic amines) is 1. The van der Waals surface area contributed by atoms with Crippen LogP contribution in [0.4, 0.5) is 5.69 Å². The molecule has 1 saturated heterocycles. The molecule has 27 heavy (non-hydrogen) atoms. The summed E-state index contributed by atoms with van der Waals surface area (Å²) in [6, 6.07) is 11.8. The third-order valence-corrected chi connectivity index (χ3v) is 6.05. The largest absolute Gasteiger partial charge is 0.337 e. The summed E-state index contributed by atoms with van der Waals surface area (Å²) in [6.45, 7) is 4.82. The summed E-state index contributed by atoms with van der Waals surface area (Å²) in [7, 11) is -3.68. The molecule has 0 saturated carbocycles. The summed E-state index contributed by atoms with van der Waals surface area (Å²) in [5.74, 6) is -0.0816. The van der Waals surface area contributed by atoms with Crippen LogP contribution in [0, 0.1) is 13.8 Å². The molecule has 0 aliphatic carbocycles. The van der Waals surface area contributed by atoms with Crippen molar-refractivity contribution in [2.45, 2.75) is 31.2 Å². The van der Waals surface area contributed by atoms with Crippen LogP contribution in [0.5, 0.6) is 0 Å². The lowest BCUT2D eigenvalue weighted by atomic mass is 10.2. The molecular formula is C19H24ClN3O3S. The molecule has 146 valence electrons. The van der Waals surface area contributed by atoms with E-state index >= 15 is 0 Å². The second-order valence-corrected chi connectivity index (χ2v) is 8.40. The zero-order valence-corrected chi connectivity index (χ0v) is 16.9. The maximum atomic E-state index is 12.6. The number of benzene rings is 2. The molecule has 1 heterocycles. The summed E-state index contributed by atoms with van der Waals surface area (Å²) in [5.41, 5.74) is 8.34. The number of sulfonamides is 1. The van der Waals surface area contributed by atoms with Crippen LogP contribution >= 0.6 is 12.4 Å². The number of nitrogens with zero attached hydrogens (tertiary/aromatic N) is 1. The molecule has 8 heteroatoms. The van der Waals surface area contributed by atoms with Crippen LogP contribution in [-0.4, -0.2) is 38.4 Å². The van der Waals surface area contributed by atoms with Crippen molar-refractivity contribution in [2.75, 3.05) is 17.8 Å². The van der Waals surface area contributed by atoms with Crippen molar-refractivity contribution < 1.29 is 13.2 Å². The molecule has 3 rings (SSSR count). The number of aryl methyl sites for hydroxylation is 2. The fourth-order valence-electron chi connectivity index (χ4n) is 3.04. The molecule has 1 aliphatic heterocycles. The summed E-state index contributed by atoms with van der Waals surface area (Å²) >= 11 is 0. The van der Waals surface area contributed by atoms with Crippen molar-refractivity contribution in [1.29, 1.82) is 0 Å². The number of hydrogen-bond acceptors (Lipinski definition) is 4. The highest BCUT2D eigenvalue weighted by Crippen LogP contribution is 2.21. The number of carbonyl (C=O) groups excluding carboxylic acids is 1. The Balaban J connectivity index is 0.00000261. The fourth-order valence-corrected chi connectivity index (χ4v) is 4.43. The van der Waals surface area contributed by atoms with Crippen LogP contribution in [-0.2, 0) is 10.0 Å². The monoisotopic (exact) mass is 409 g/mol. The first-order valence-corrected chi connectivity index (χ1v) is 9.99. The summed E-state index contributed by atoms with van der Waals surface area (Å²) in [4.78, 5) is 14.4. The zero-order valence-electron chi connectivity index (χ0n) is 15.3. The molecule has 6 nitrogen and oxygen atoms in total. The minimum atomic E-state index is -3.68. The van der Waals surface area contributed by atoms with E-state index in [0.29, 0.717) is 29.9 Å². The molecule has 0 bridgehead atoms. The predicted octanol–water partition coefficient (Wildman–Crippen LogP) is 2.70.